The minimum Gasteiger partial charge on any atom is -0.497 e. The minimum absolute atomic E-state index is 0.0285. The number of nitrogens with one attached hydrogen (secondary N) is 1. The summed E-state index contributed by atoms with van der Waals surface area (Å²) in [7, 11) is 3.16. The molecule has 3 aromatic rings. The summed E-state index contributed by atoms with van der Waals surface area (Å²) in [4.78, 5) is 27.8. The van der Waals surface area contributed by atoms with Gasteiger partial charge in [-0.15, -0.1) is 0 Å². The van der Waals surface area contributed by atoms with Gasteiger partial charge in [-0.25, -0.2) is 4.79 Å². The van der Waals surface area contributed by atoms with Gasteiger partial charge in [0.15, 0.2) is 0 Å². The van der Waals surface area contributed by atoms with E-state index in [-0.39, 0.29) is 23.4 Å². The van der Waals surface area contributed by atoms with Gasteiger partial charge < -0.3 is 24.3 Å². The fourth-order valence-electron chi connectivity index (χ4n) is 5.12. The van der Waals surface area contributed by atoms with Crippen molar-refractivity contribution in [3.05, 3.63) is 76.7 Å². The SMILES string of the molecule is COc1cc(NC(=O)N2C[C@@H]3C[C@H](C2)c2c(-c4ccccc4)ccc(=O)n2C3)cc(OC)c1. The Morgan fingerprint density at radius 2 is 1.67 bits per heavy atom. The molecule has 3 heterocycles. The summed E-state index contributed by atoms with van der Waals surface area (Å²) < 4.78 is 12.5. The molecule has 2 aromatic carbocycles. The molecule has 2 atom stereocenters. The summed E-state index contributed by atoms with van der Waals surface area (Å²) in [5.41, 5.74) is 3.84. The van der Waals surface area contributed by atoms with Crippen LogP contribution in [0.3, 0.4) is 0 Å². The highest BCUT2D eigenvalue weighted by Crippen LogP contribution is 2.40. The van der Waals surface area contributed by atoms with Crippen LogP contribution in [0, 0.1) is 5.92 Å². The molecular formula is C26H27N3O4. The summed E-state index contributed by atoms with van der Waals surface area (Å²) in [5.74, 6) is 1.57. The number of hydrogen-bond donors (Lipinski definition) is 1. The fourth-order valence-corrected chi connectivity index (χ4v) is 5.12. The molecule has 2 aliphatic rings. The largest absolute Gasteiger partial charge is 0.497 e. The molecule has 1 saturated heterocycles. The molecule has 0 aliphatic carbocycles. The predicted molar refractivity (Wildman–Crippen MR) is 127 cm³/mol. The Morgan fingerprint density at radius 3 is 2.36 bits per heavy atom. The van der Waals surface area contributed by atoms with Crippen molar-refractivity contribution in [2.75, 3.05) is 32.6 Å². The highest BCUT2D eigenvalue weighted by Gasteiger charge is 2.37. The average molecular weight is 446 g/mol. The smallest absolute Gasteiger partial charge is 0.321 e. The van der Waals surface area contributed by atoms with Crippen LogP contribution in [0.4, 0.5) is 10.5 Å². The van der Waals surface area contributed by atoms with Gasteiger partial charge in [-0.1, -0.05) is 30.3 Å². The lowest BCUT2D eigenvalue weighted by atomic mass is 9.80. The Hall–Kier alpha value is -3.74. The molecule has 5 rings (SSSR count). The number of rotatable bonds is 4. The second-order valence-corrected chi connectivity index (χ2v) is 8.68. The van der Waals surface area contributed by atoms with Gasteiger partial charge in [0.25, 0.3) is 5.56 Å². The molecule has 170 valence electrons. The van der Waals surface area contributed by atoms with Crippen LogP contribution < -0.4 is 20.3 Å². The van der Waals surface area contributed by atoms with Gasteiger partial charge in [-0.3, -0.25) is 4.79 Å². The van der Waals surface area contributed by atoms with E-state index in [1.54, 1.807) is 38.5 Å². The van der Waals surface area contributed by atoms with Gasteiger partial charge in [-0.2, -0.15) is 0 Å². The highest BCUT2D eigenvalue weighted by molar-refractivity contribution is 5.90. The lowest BCUT2D eigenvalue weighted by molar-refractivity contribution is 0.140. The molecule has 1 N–H and O–H groups in total. The number of amides is 2. The average Bonchev–Trinajstić information content (AvgIpc) is 2.84. The van der Waals surface area contributed by atoms with Crippen molar-refractivity contribution in [1.82, 2.24) is 9.47 Å². The maximum absolute atomic E-state index is 13.2. The van der Waals surface area contributed by atoms with Crippen LogP contribution in [0.5, 0.6) is 11.5 Å². The zero-order chi connectivity index (χ0) is 22.9. The predicted octanol–water partition coefficient (Wildman–Crippen LogP) is 4.18. The number of anilines is 1. The Balaban J connectivity index is 1.43. The number of urea groups is 1. The van der Waals surface area contributed by atoms with E-state index in [4.69, 9.17) is 9.47 Å². The van der Waals surface area contributed by atoms with Gasteiger partial charge in [0.2, 0.25) is 0 Å². The summed E-state index contributed by atoms with van der Waals surface area (Å²) >= 11 is 0. The van der Waals surface area contributed by atoms with Crippen LogP contribution in [-0.2, 0) is 6.54 Å². The third-order valence-electron chi connectivity index (χ3n) is 6.56. The van der Waals surface area contributed by atoms with Crippen molar-refractivity contribution >= 4 is 11.7 Å². The van der Waals surface area contributed by atoms with E-state index in [1.807, 2.05) is 33.7 Å². The molecular weight excluding hydrogens is 418 g/mol. The molecule has 7 heteroatoms. The maximum Gasteiger partial charge on any atom is 0.321 e. The first-order chi connectivity index (χ1) is 16.1. The fraction of sp³-hybridized carbons (Fsp3) is 0.308. The van der Waals surface area contributed by atoms with Crippen molar-refractivity contribution in [3.63, 3.8) is 0 Å². The van der Waals surface area contributed by atoms with Crippen LogP contribution >= 0.6 is 0 Å². The molecule has 0 unspecified atom stereocenters. The summed E-state index contributed by atoms with van der Waals surface area (Å²) in [6.07, 6.45) is 0.972. The number of nitrogens with zero attached hydrogens (tertiary/aromatic N) is 2. The molecule has 7 nitrogen and oxygen atoms in total. The van der Waals surface area contributed by atoms with E-state index >= 15 is 0 Å². The Labute approximate surface area is 192 Å². The monoisotopic (exact) mass is 445 g/mol. The third kappa shape index (κ3) is 4.06. The molecule has 2 bridgehead atoms. The molecule has 0 saturated carbocycles. The zero-order valence-corrected chi connectivity index (χ0v) is 18.8. The number of benzene rings is 2. The van der Waals surface area contributed by atoms with E-state index < -0.39 is 0 Å². The van der Waals surface area contributed by atoms with Crippen LogP contribution in [-0.4, -0.2) is 42.8 Å². The van der Waals surface area contributed by atoms with E-state index in [0.29, 0.717) is 36.8 Å². The molecule has 0 spiro atoms. The van der Waals surface area contributed by atoms with Crippen molar-refractivity contribution in [2.24, 2.45) is 5.92 Å². The lowest BCUT2D eigenvalue weighted by Gasteiger charge is -2.43. The first-order valence-electron chi connectivity index (χ1n) is 11.1. The Bertz CT molecular complexity index is 1220. The van der Waals surface area contributed by atoms with Crippen LogP contribution in [0.15, 0.2) is 65.5 Å². The van der Waals surface area contributed by atoms with E-state index in [1.165, 1.54) is 0 Å². The Kier molecular flexibility index (Phi) is 5.54. The number of methoxy groups -OCH3 is 2. The van der Waals surface area contributed by atoms with Crippen molar-refractivity contribution < 1.29 is 14.3 Å². The number of likely N-dealkylation sites (tertiary alicyclic amines) is 1. The van der Waals surface area contributed by atoms with Crippen LogP contribution in [0.2, 0.25) is 0 Å². The number of hydrogen-bond acceptors (Lipinski definition) is 4. The summed E-state index contributed by atoms with van der Waals surface area (Å²) in [6.45, 7) is 1.81. The zero-order valence-electron chi connectivity index (χ0n) is 18.8. The minimum atomic E-state index is -0.159. The molecule has 33 heavy (non-hydrogen) atoms. The van der Waals surface area contributed by atoms with Gasteiger partial charge in [-0.05, 0) is 24.0 Å². The standard InChI is InChI=1S/C26H27N3O4/c1-32-21-11-20(12-22(13-21)33-2)27-26(31)28-14-17-10-19(16-28)25-23(18-6-4-3-5-7-18)8-9-24(30)29(25)15-17/h3-9,11-13,17,19H,10,14-16H2,1-2H3,(H,27,31)/t17-,19+/m0/s1. The number of carbonyl (C=O) groups is 1. The highest BCUT2D eigenvalue weighted by atomic mass is 16.5. The number of pyridine rings is 1. The van der Waals surface area contributed by atoms with Gasteiger partial charge in [0.1, 0.15) is 11.5 Å². The van der Waals surface area contributed by atoms with E-state index in [9.17, 15) is 9.59 Å². The molecule has 2 aliphatic heterocycles. The van der Waals surface area contributed by atoms with Crippen LogP contribution in [0.1, 0.15) is 18.0 Å². The lowest BCUT2D eigenvalue weighted by Crippen LogP contribution is -2.50. The van der Waals surface area contributed by atoms with Crippen molar-refractivity contribution in [3.8, 4) is 22.6 Å². The number of piperidine rings is 1. The third-order valence-corrected chi connectivity index (χ3v) is 6.56. The second kappa shape index (κ2) is 8.65. The number of ether oxygens (including phenoxy) is 2. The van der Waals surface area contributed by atoms with Gasteiger partial charge in [0.05, 0.1) is 14.2 Å². The maximum atomic E-state index is 13.2. The normalized spacial score (nSPS) is 18.9. The van der Waals surface area contributed by atoms with E-state index in [2.05, 4.69) is 17.4 Å². The first kappa shape index (κ1) is 21.1. The number of fused-ring (bicyclic) bond motifs is 4. The summed E-state index contributed by atoms with van der Waals surface area (Å²) in [6, 6.07) is 18.9. The number of carbonyl (C=O) groups excluding carboxylic acids is 1. The van der Waals surface area contributed by atoms with Gasteiger partial charge in [0, 0.05) is 66.8 Å². The molecule has 0 radical (unpaired) electrons. The second-order valence-electron chi connectivity index (χ2n) is 8.68. The molecule has 1 fully saturated rings. The summed E-state index contributed by atoms with van der Waals surface area (Å²) in [5, 5.41) is 2.99. The topological polar surface area (TPSA) is 72.8 Å². The molecule has 1 aromatic heterocycles. The van der Waals surface area contributed by atoms with Crippen LogP contribution in [0.25, 0.3) is 11.1 Å². The quantitative estimate of drug-likeness (QED) is 0.654. The number of aromatic nitrogens is 1. The molecule has 2 amide bonds. The van der Waals surface area contributed by atoms with Gasteiger partial charge >= 0.3 is 6.03 Å². The Morgan fingerprint density at radius 1 is 0.939 bits per heavy atom. The van der Waals surface area contributed by atoms with E-state index in [0.717, 1.165) is 23.2 Å². The van der Waals surface area contributed by atoms with Crippen molar-refractivity contribution in [2.45, 2.75) is 18.9 Å². The first-order valence-corrected chi connectivity index (χ1v) is 11.1. The van der Waals surface area contributed by atoms with Crippen molar-refractivity contribution in [1.29, 1.82) is 0 Å².